The Morgan fingerprint density at radius 3 is 1.16 bits per heavy atom. The van der Waals surface area contributed by atoms with Crippen LogP contribution in [-0.2, 0) is 52.1 Å². The minimum Gasteiger partial charge on any atom is -0.382 e. The molecule has 0 saturated heterocycles. The molecular formula is C123H222O11. The van der Waals surface area contributed by atoms with E-state index in [-0.39, 0.29) is 0 Å². The van der Waals surface area contributed by atoms with Gasteiger partial charge < -0.3 is 52.1 Å². The lowest BCUT2D eigenvalue weighted by atomic mass is 9.50. The SMILES string of the molecule is CCOC12CC3CC(CC(C3)C1)C2.CCOC1C2CC3CC(C2)CC1C3.CCOC1CC(C)CCC1C(C)C.CCOC1CC2CCC1(C)C2(C)C.CCOC1CC2CCC1C2.CCOCC12CC3CC(CC(C3)C1)C2.CCOCC1C2CC3CC(C2)CC1C3.CCOCC1CC2CCC1C2.CCOCC1CCCCC1.CCOCCC1CC2CCC1C2.CCOCCC1CCCCC1. The topological polar surface area (TPSA) is 102 Å². The summed E-state index contributed by atoms with van der Waals surface area (Å²) in [6, 6.07) is 0. The van der Waals surface area contributed by atoms with Crippen molar-refractivity contribution in [1.82, 2.24) is 0 Å². The maximum atomic E-state index is 6.04. The van der Waals surface area contributed by atoms with Crippen LogP contribution in [0.4, 0.5) is 0 Å². The zero-order valence-corrected chi connectivity index (χ0v) is 91.3. The average Bonchev–Trinajstić information content (AvgIpc) is 1.58. The zero-order valence-electron chi connectivity index (χ0n) is 91.3. The monoisotopic (exact) mass is 1880 g/mol. The molecule has 24 bridgehead atoms. The summed E-state index contributed by atoms with van der Waals surface area (Å²) in [5, 5.41) is 0. The molecule has 11 nitrogen and oxygen atoms in total. The molecule has 134 heavy (non-hydrogen) atoms. The van der Waals surface area contributed by atoms with Gasteiger partial charge in [-0.05, 0) is 527 Å². The highest BCUT2D eigenvalue weighted by Crippen LogP contribution is 2.67. The van der Waals surface area contributed by atoms with E-state index in [1.807, 2.05) is 0 Å². The first-order chi connectivity index (χ1) is 65.0. The summed E-state index contributed by atoms with van der Waals surface area (Å²) in [5.41, 5.74) is 1.94. The molecule has 15 atom stereocenters. The summed E-state index contributed by atoms with van der Waals surface area (Å²) in [7, 11) is 0. The molecule has 0 N–H and O–H groups in total. The second kappa shape index (κ2) is 55.9. The van der Waals surface area contributed by atoms with Crippen LogP contribution in [0.1, 0.15) is 452 Å². The molecule has 0 radical (unpaired) electrons. The van der Waals surface area contributed by atoms with Crippen LogP contribution < -0.4 is 0 Å². The summed E-state index contributed by atoms with van der Waals surface area (Å²) in [6.45, 7) is 53.5. The number of rotatable bonds is 31. The molecule has 0 aliphatic heterocycles. The summed E-state index contributed by atoms with van der Waals surface area (Å²) >= 11 is 0. The molecule has 0 aromatic rings. The highest BCUT2D eigenvalue weighted by atomic mass is 16.5. The van der Waals surface area contributed by atoms with E-state index in [0.717, 1.165) is 284 Å². The Bertz CT molecular complexity index is 3010. The number of fused-ring (bicyclic) bond motifs is 8. The van der Waals surface area contributed by atoms with Crippen molar-refractivity contribution in [2.45, 2.75) is 482 Å². The highest BCUT2D eigenvalue weighted by molar-refractivity contribution is 5.12. The number of hydrogen-bond acceptors (Lipinski definition) is 11. The zero-order chi connectivity index (χ0) is 94.6. The van der Waals surface area contributed by atoms with E-state index < -0.39 is 0 Å². The van der Waals surface area contributed by atoms with Crippen LogP contribution in [0.15, 0.2) is 0 Å². The van der Waals surface area contributed by atoms with Crippen LogP contribution >= 0.6 is 0 Å². The molecule has 27 saturated carbocycles. The van der Waals surface area contributed by atoms with E-state index >= 15 is 0 Å². The Kier molecular flexibility index (Phi) is 46.2. The lowest BCUT2D eigenvalue weighted by Gasteiger charge is -2.56. The Morgan fingerprint density at radius 2 is 0.731 bits per heavy atom. The molecular weight excluding hydrogens is 1650 g/mol. The molecule has 27 fully saturated rings. The van der Waals surface area contributed by atoms with Gasteiger partial charge in [0, 0.05) is 106 Å². The summed E-state index contributed by atoms with van der Waals surface area (Å²) < 4.78 is 62.3. The van der Waals surface area contributed by atoms with Crippen molar-refractivity contribution in [2.75, 3.05) is 112 Å². The summed E-state index contributed by atoms with van der Waals surface area (Å²) in [5.74, 6) is 29.0. The molecule has 0 aromatic heterocycles. The van der Waals surface area contributed by atoms with Gasteiger partial charge in [-0.25, -0.2) is 0 Å². The Balaban J connectivity index is 0.000000125. The molecule has 15 unspecified atom stereocenters. The molecule has 27 rings (SSSR count). The fourth-order valence-electron chi connectivity index (χ4n) is 36.4. The fraction of sp³-hybridized carbons (Fsp3) is 1.00. The van der Waals surface area contributed by atoms with Crippen molar-refractivity contribution in [3.8, 4) is 0 Å². The van der Waals surface area contributed by atoms with Gasteiger partial charge in [0.1, 0.15) is 0 Å². The van der Waals surface area contributed by atoms with E-state index in [9.17, 15) is 0 Å². The first kappa shape index (κ1) is 111. The lowest BCUT2D eigenvalue weighted by molar-refractivity contribution is -0.159. The Hall–Kier alpha value is -0.440. The molecule has 780 valence electrons. The predicted octanol–water partition coefficient (Wildman–Crippen LogP) is 32.0. The number of hydrogen-bond donors (Lipinski definition) is 0. The quantitative estimate of drug-likeness (QED) is 0.0620. The van der Waals surface area contributed by atoms with Gasteiger partial charge in [-0.1, -0.05) is 112 Å². The standard InChI is InChI=1S/2C13H22O.2C12H20O.C12H22O.C12H24O.C11H20O.C10H18O.C10H20O.C9H16O.C9H18O/c1-2-14-9-13-6-10-3-11(7-13)5-12(4-10)8-13;1-2-14-8-13-11-4-9-3-10(6-11)7-12(13)5-9;1-2-13-12-6-9-3-10(7-12)5-11(4-9)8-12;1-2-13-12-10-4-8-3-9(6-10)7-11(12)5-8;1-5-13-10-8-9-6-7-12(10,4)11(9,2)3;1-5-13-12-8-10(4)6-7-11(12)9(2)3;1-2-12-6-5-11-8-9-3-4-10(11)7-9;1-2-11-7-10-6-8-3-4-9(10)5-8;1-2-11-9-8-10-6-4-3-5-7-10;1-2-10-9-6-7-3-4-8(9)5-7;1-2-10-8-9-6-4-3-5-7-9/h10-12H,2-9H2,1H3;9-13H,2-8H2,1H3;9-11H,2-8H2,1H3;8-12H,2-7H2,1H3;9-10H,5-8H2,1-4H3;9-12H,5-8H2,1-4H3;9-11H,2-8H2,1H3;8-10H,2-7H2,1H3;10H,2-9H2,1H3;7-9H,2-6H2,1H3;9H,2-8H2,1H3. The molecule has 27 aliphatic carbocycles. The van der Waals surface area contributed by atoms with Crippen LogP contribution in [0.25, 0.3) is 0 Å². The minimum absolute atomic E-state index is 0.351. The maximum absolute atomic E-state index is 6.04. The predicted molar refractivity (Wildman–Crippen MR) is 558 cm³/mol. The first-order valence-electron chi connectivity index (χ1n) is 60.6. The van der Waals surface area contributed by atoms with Gasteiger partial charge in [-0.15, -0.1) is 0 Å². The van der Waals surface area contributed by atoms with E-state index in [1.165, 1.54) is 302 Å². The van der Waals surface area contributed by atoms with Crippen molar-refractivity contribution in [3.05, 3.63) is 0 Å². The van der Waals surface area contributed by atoms with Crippen molar-refractivity contribution < 1.29 is 52.1 Å². The summed E-state index contributed by atoms with van der Waals surface area (Å²) in [4.78, 5) is 0. The number of ether oxygens (including phenoxy) is 11. The van der Waals surface area contributed by atoms with Crippen LogP contribution in [0.5, 0.6) is 0 Å². The van der Waals surface area contributed by atoms with Crippen molar-refractivity contribution in [2.24, 2.45) is 188 Å². The van der Waals surface area contributed by atoms with Gasteiger partial charge in [0.2, 0.25) is 0 Å². The largest absolute Gasteiger partial charge is 0.382 e. The molecule has 27 aliphatic rings. The third-order valence-electron chi connectivity index (χ3n) is 42.1. The van der Waals surface area contributed by atoms with E-state index in [1.54, 1.807) is 32.1 Å². The van der Waals surface area contributed by atoms with Gasteiger partial charge in [-0.3, -0.25) is 0 Å². The van der Waals surface area contributed by atoms with Gasteiger partial charge in [0.15, 0.2) is 0 Å². The maximum Gasteiger partial charge on any atom is 0.0690 e. The highest BCUT2D eigenvalue weighted by Gasteiger charge is 2.62. The Labute approximate surface area is 828 Å². The second-order valence-electron chi connectivity index (χ2n) is 51.9. The van der Waals surface area contributed by atoms with Crippen LogP contribution in [0, 0.1) is 188 Å². The van der Waals surface area contributed by atoms with Crippen molar-refractivity contribution in [3.63, 3.8) is 0 Å². The molecule has 0 heterocycles. The minimum atomic E-state index is 0.351. The van der Waals surface area contributed by atoms with Crippen molar-refractivity contribution in [1.29, 1.82) is 0 Å². The van der Waals surface area contributed by atoms with E-state index in [2.05, 4.69) is 118 Å². The van der Waals surface area contributed by atoms with Gasteiger partial charge >= 0.3 is 0 Å². The molecule has 0 amide bonds. The Morgan fingerprint density at radius 1 is 0.299 bits per heavy atom. The molecule has 0 spiro atoms. The van der Waals surface area contributed by atoms with Crippen molar-refractivity contribution >= 4 is 0 Å². The lowest BCUT2D eigenvalue weighted by Crippen LogP contribution is -2.51. The van der Waals surface area contributed by atoms with Crippen LogP contribution in [0.2, 0.25) is 0 Å². The van der Waals surface area contributed by atoms with Gasteiger partial charge in [0.25, 0.3) is 0 Å². The third kappa shape index (κ3) is 31.3. The van der Waals surface area contributed by atoms with Gasteiger partial charge in [-0.2, -0.15) is 0 Å². The normalized spacial score (nSPS) is 42.2. The third-order valence-corrected chi connectivity index (χ3v) is 42.1. The van der Waals surface area contributed by atoms with E-state index in [0.29, 0.717) is 46.3 Å². The molecule has 11 heteroatoms. The van der Waals surface area contributed by atoms with Gasteiger partial charge in [0.05, 0.1) is 36.6 Å². The second-order valence-corrected chi connectivity index (χ2v) is 51.9. The fourth-order valence-corrected chi connectivity index (χ4v) is 36.4. The molecule has 0 aromatic carbocycles. The first-order valence-corrected chi connectivity index (χ1v) is 60.6. The average molecular weight is 1880 g/mol. The van der Waals surface area contributed by atoms with Crippen LogP contribution in [-0.4, -0.2) is 142 Å². The smallest absolute Gasteiger partial charge is 0.0690 e. The van der Waals surface area contributed by atoms with Crippen LogP contribution in [0.3, 0.4) is 0 Å². The summed E-state index contributed by atoms with van der Waals surface area (Å²) in [6.07, 6.45) is 78.3. The van der Waals surface area contributed by atoms with E-state index in [4.69, 9.17) is 52.1 Å².